The Labute approximate surface area is 314 Å². The minimum atomic E-state index is 0. The van der Waals surface area contributed by atoms with Gasteiger partial charge in [0.1, 0.15) is 0 Å². The van der Waals surface area contributed by atoms with Crippen molar-refractivity contribution >= 4 is 5.69 Å². The molecule has 0 fully saturated rings. The fourth-order valence-corrected chi connectivity index (χ4v) is 4.37. The first-order chi connectivity index (χ1) is 21.5. The van der Waals surface area contributed by atoms with Crippen LogP contribution in [0.1, 0.15) is 25.7 Å². The van der Waals surface area contributed by atoms with E-state index in [2.05, 4.69) is 35.2 Å². The molecule has 0 atom stereocenters. The molecule has 0 aromatic carbocycles. The molecule has 0 bridgehead atoms. The van der Waals surface area contributed by atoms with Crippen molar-refractivity contribution in [2.75, 3.05) is 18.4 Å². The van der Waals surface area contributed by atoms with E-state index in [4.69, 9.17) is 5.73 Å². The van der Waals surface area contributed by atoms with E-state index in [1.54, 1.807) is 31.0 Å². The van der Waals surface area contributed by atoms with E-state index in [9.17, 15) is 0 Å². The zero-order valence-electron chi connectivity index (χ0n) is 27.4. The van der Waals surface area contributed by atoms with Crippen molar-refractivity contribution < 1.29 is 57.0 Å². The number of hydrogen-bond donors (Lipinski definition) is 2. The second-order valence-corrected chi connectivity index (χ2v) is 10.2. The van der Waals surface area contributed by atoms with Gasteiger partial charge in [-0.2, -0.15) is 0 Å². The number of pyridine rings is 2. The molecule has 0 aliphatic carbocycles. The fourth-order valence-electron chi connectivity index (χ4n) is 4.37. The number of anilines is 1. The van der Waals surface area contributed by atoms with Gasteiger partial charge in [0.2, 0.25) is 0 Å². The average Bonchev–Trinajstić information content (AvgIpc) is 3.86. The Balaban J connectivity index is 0.000000692. The first-order valence-corrected chi connectivity index (χ1v) is 14.7. The van der Waals surface area contributed by atoms with E-state index in [0.29, 0.717) is 0 Å². The maximum atomic E-state index is 5.48. The molecule has 12 nitrogen and oxygen atoms in total. The maximum absolute atomic E-state index is 5.48. The quantitative estimate of drug-likeness (QED) is 0.132. The number of aromatic nitrogens is 10. The number of imidazole rings is 4. The van der Waals surface area contributed by atoms with Gasteiger partial charge < -0.3 is 66.5 Å². The van der Waals surface area contributed by atoms with E-state index in [1.807, 2.05) is 108 Å². The number of nitrogens with one attached hydrogen (secondary N) is 1. The monoisotopic (exact) mass is 891 g/mol. The topological polar surface area (TPSA) is 135 Å². The summed E-state index contributed by atoms with van der Waals surface area (Å²) in [5.74, 6) is 3.56. The molecule has 3 N–H and O–H groups in total. The number of aryl methyl sites for hydroxylation is 4. The molecule has 0 spiro atoms. The largest absolute Gasteiger partial charge is 1.00 e. The number of rotatable bonds is 10. The van der Waals surface area contributed by atoms with Crippen molar-refractivity contribution in [1.82, 2.24) is 48.2 Å². The summed E-state index contributed by atoms with van der Waals surface area (Å²) in [6.07, 6.45) is 23.0. The van der Waals surface area contributed by atoms with Crippen LogP contribution in [0.5, 0.6) is 0 Å². The van der Waals surface area contributed by atoms with Crippen LogP contribution in [-0.4, -0.2) is 61.3 Å². The minimum Gasteiger partial charge on any atom is -1.00 e. The molecule has 262 valence electrons. The van der Waals surface area contributed by atoms with Crippen LogP contribution in [0.4, 0.5) is 5.69 Å². The molecule has 16 heteroatoms. The molecule has 6 rings (SSSR count). The molecule has 0 radical (unpaired) electrons. The third-order valence-corrected chi connectivity index (χ3v) is 6.83. The van der Waals surface area contributed by atoms with Crippen molar-refractivity contribution in [3.8, 4) is 34.7 Å². The summed E-state index contributed by atoms with van der Waals surface area (Å²) in [5.41, 5.74) is 8.38. The van der Waals surface area contributed by atoms with Crippen LogP contribution in [-0.2, 0) is 48.0 Å². The van der Waals surface area contributed by atoms with Gasteiger partial charge >= 0.3 is 0 Å². The minimum absolute atomic E-state index is 0. The summed E-state index contributed by atoms with van der Waals surface area (Å²) in [7, 11) is 7.82. The molecule has 0 saturated carbocycles. The predicted octanol–water partition coefficient (Wildman–Crippen LogP) is -4.27. The summed E-state index contributed by atoms with van der Waals surface area (Å²) < 4.78 is 7.79. The zero-order valence-corrected chi connectivity index (χ0v) is 32.2. The Bertz CT molecular complexity index is 1530. The molecule has 0 unspecified atom stereocenters. The first kappa shape index (κ1) is 44.4. The molecular weight excluding hydrogens is 849 g/mol. The van der Waals surface area contributed by atoms with Crippen LogP contribution in [0.3, 0.4) is 0 Å². The smallest absolute Gasteiger partial charge is 0.176 e. The normalized spacial score (nSPS) is 9.60. The van der Waals surface area contributed by atoms with Crippen molar-refractivity contribution in [2.45, 2.75) is 25.7 Å². The van der Waals surface area contributed by atoms with E-state index in [0.717, 1.165) is 59.9 Å². The van der Waals surface area contributed by atoms with E-state index < -0.39 is 0 Å². The Morgan fingerprint density at radius 2 is 1.00 bits per heavy atom. The van der Waals surface area contributed by atoms with Gasteiger partial charge in [0.15, 0.2) is 23.3 Å². The maximum Gasteiger partial charge on any atom is 0.176 e. The zero-order chi connectivity index (χ0) is 31.1. The molecule has 0 saturated heterocycles. The van der Waals surface area contributed by atoms with E-state index in [1.165, 1.54) is 19.3 Å². The van der Waals surface area contributed by atoms with Gasteiger partial charge in [0.05, 0.1) is 11.4 Å². The summed E-state index contributed by atoms with van der Waals surface area (Å²) in [6, 6.07) is 9.89. The van der Waals surface area contributed by atoms with Crippen LogP contribution in [0.2, 0.25) is 0 Å². The van der Waals surface area contributed by atoms with Crippen molar-refractivity contribution in [3.05, 3.63) is 92.3 Å². The van der Waals surface area contributed by atoms with Gasteiger partial charge in [-0.1, -0.05) is 18.9 Å². The number of nitrogens with two attached hydrogens (primary N) is 1. The third kappa shape index (κ3) is 13.1. The summed E-state index contributed by atoms with van der Waals surface area (Å²) in [6.45, 7) is 1.78. The van der Waals surface area contributed by atoms with Crippen LogP contribution >= 0.6 is 0 Å². The van der Waals surface area contributed by atoms with Gasteiger partial charge in [-0.3, -0.25) is 9.97 Å². The van der Waals surface area contributed by atoms with Crippen LogP contribution in [0, 0.1) is 0 Å². The number of nitrogens with zero attached hydrogens (tertiary/aromatic N) is 10. The van der Waals surface area contributed by atoms with Crippen molar-refractivity contribution in [1.29, 1.82) is 0 Å². The molecule has 0 aliphatic rings. The Morgan fingerprint density at radius 1 is 0.542 bits per heavy atom. The van der Waals surface area contributed by atoms with E-state index >= 15 is 0 Å². The SMILES string of the molecule is Cn1ccnc1-c1nccn1C.Cn1ccnc1-c1nccn1C.NCCCCCCNc1ccnc(-c2ccccn2)c1.[Cl-].[Cl-].[Cl-].[Os]. The predicted molar refractivity (Wildman–Crippen MR) is 174 cm³/mol. The van der Waals surface area contributed by atoms with Gasteiger partial charge in [0.25, 0.3) is 0 Å². The second kappa shape index (κ2) is 23.7. The fraction of sp³-hybridized carbons (Fsp3) is 0.312. The summed E-state index contributed by atoms with van der Waals surface area (Å²) >= 11 is 0. The summed E-state index contributed by atoms with van der Waals surface area (Å²) in [4.78, 5) is 25.5. The third-order valence-electron chi connectivity index (χ3n) is 6.83. The van der Waals surface area contributed by atoms with E-state index in [-0.39, 0.29) is 57.0 Å². The standard InChI is InChI=1S/C16H22N4.2C8H10N4.3ClH.Os/c17-9-4-1-2-5-10-18-14-8-12-20-16(13-14)15-7-3-6-11-19-15;2*1-11-5-3-9-7(11)8-10-4-6-12(8)2;;;;/h3,6-8,11-13H,1-2,4-5,9-10,17H2,(H,18,20);2*3-6H,1-2H3;3*1H;/p-3. The molecule has 0 aliphatic heterocycles. The molecular formula is C32H42Cl3N12Os-3. The Kier molecular flexibility index (Phi) is 21.9. The number of halogens is 3. The van der Waals surface area contributed by atoms with Crippen LogP contribution < -0.4 is 48.3 Å². The summed E-state index contributed by atoms with van der Waals surface area (Å²) in [5, 5.41) is 3.43. The van der Waals surface area contributed by atoms with Gasteiger partial charge in [-0.25, -0.2) is 19.9 Å². The second-order valence-electron chi connectivity index (χ2n) is 10.2. The number of unbranched alkanes of at least 4 members (excludes halogenated alkanes) is 3. The van der Waals surface area contributed by atoms with Gasteiger partial charge in [0, 0.05) is 122 Å². The van der Waals surface area contributed by atoms with Crippen LogP contribution in [0.25, 0.3) is 34.7 Å². The molecule has 6 aromatic heterocycles. The molecule has 6 aromatic rings. The van der Waals surface area contributed by atoms with Gasteiger partial charge in [-0.05, 0) is 43.7 Å². The molecule has 48 heavy (non-hydrogen) atoms. The van der Waals surface area contributed by atoms with Gasteiger partial charge in [-0.15, -0.1) is 0 Å². The molecule has 0 amide bonds. The first-order valence-electron chi connectivity index (χ1n) is 14.7. The van der Waals surface area contributed by atoms with Crippen molar-refractivity contribution in [2.24, 2.45) is 33.9 Å². The van der Waals surface area contributed by atoms with Crippen LogP contribution in [0.15, 0.2) is 92.3 Å². The average molecular weight is 891 g/mol. The van der Waals surface area contributed by atoms with Crippen molar-refractivity contribution in [3.63, 3.8) is 0 Å². The number of hydrogen-bond acceptors (Lipinski definition) is 8. The Hall–Kier alpha value is -3.59. The molecule has 6 heterocycles. The Morgan fingerprint density at radius 3 is 1.40 bits per heavy atom.